The van der Waals surface area contributed by atoms with Crippen LogP contribution in [-0.2, 0) is 9.53 Å². The average molecular weight is 350 g/mol. The van der Waals surface area contributed by atoms with E-state index in [1.807, 2.05) is 20.8 Å². The first-order valence-corrected chi connectivity index (χ1v) is 7.93. The number of hydrogen-bond acceptors (Lipinski definition) is 4. The van der Waals surface area contributed by atoms with Crippen molar-refractivity contribution >= 4 is 23.7 Å². The molecule has 25 heavy (non-hydrogen) atoms. The van der Waals surface area contributed by atoms with E-state index in [4.69, 9.17) is 9.84 Å². The molecule has 0 saturated carbocycles. The van der Waals surface area contributed by atoms with Crippen LogP contribution in [0.25, 0.3) is 0 Å². The Kier molecular flexibility index (Phi) is 6.18. The van der Waals surface area contributed by atoms with Crippen LogP contribution >= 0.6 is 0 Å². The maximum Gasteiger partial charge on any atom is 0.408 e. The summed E-state index contributed by atoms with van der Waals surface area (Å²) in [6.07, 6.45) is -0.677. The van der Waals surface area contributed by atoms with Gasteiger partial charge in [0.05, 0.1) is 5.56 Å². The molecule has 0 spiro atoms. The van der Waals surface area contributed by atoms with Gasteiger partial charge in [-0.15, -0.1) is 0 Å². The van der Waals surface area contributed by atoms with E-state index in [0.29, 0.717) is 5.69 Å². The van der Waals surface area contributed by atoms with Crippen LogP contribution in [0.5, 0.6) is 0 Å². The van der Waals surface area contributed by atoms with Crippen LogP contribution in [0.15, 0.2) is 24.3 Å². The Bertz CT molecular complexity index is 639. The number of benzene rings is 1. The number of carboxylic acids is 1. The molecule has 0 fully saturated rings. The Morgan fingerprint density at radius 3 is 1.92 bits per heavy atom. The summed E-state index contributed by atoms with van der Waals surface area (Å²) in [6, 6.07) is 4.95. The fourth-order valence-corrected chi connectivity index (χ4v) is 2.01. The lowest BCUT2D eigenvalue weighted by Gasteiger charge is -2.31. The molecule has 0 heterocycles. The van der Waals surface area contributed by atoms with Gasteiger partial charge in [-0.2, -0.15) is 0 Å². The first-order valence-electron chi connectivity index (χ1n) is 7.93. The molecule has 0 saturated heterocycles. The normalized spacial score (nSPS) is 12.9. The average Bonchev–Trinajstić information content (AvgIpc) is 2.42. The van der Waals surface area contributed by atoms with E-state index < -0.39 is 35.0 Å². The van der Waals surface area contributed by atoms with Crippen molar-refractivity contribution < 1.29 is 24.2 Å². The number of ether oxygens (including phenoxy) is 1. The lowest BCUT2D eigenvalue weighted by molar-refractivity contribution is -0.120. The number of carbonyl (C=O) groups is 3. The zero-order chi connectivity index (χ0) is 19.4. The molecule has 3 N–H and O–H groups in total. The van der Waals surface area contributed by atoms with Gasteiger partial charge in [0, 0.05) is 5.69 Å². The van der Waals surface area contributed by atoms with Crippen molar-refractivity contribution in [2.45, 2.75) is 53.2 Å². The van der Waals surface area contributed by atoms with E-state index in [2.05, 4.69) is 10.6 Å². The summed E-state index contributed by atoms with van der Waals surface area (Å²) in [7, 11) is 0. The van der Waals surface area contributed by atoms with E-state index in [1.54, 1.807) is 20.8 Å². The molecule has 0 bridgehead atoms. The molecule has 7 nitrogen and oxygen atoms in total. The summed E-state index contributed by atoms with van der Waals surface area (Å²) in [5.41, 5.74) is -0.662. The SMILES string of the molecule is CC(C)(C)OC(=O)N[C@H](C(=O)Nc1ccc(C(=O)O)cc1)C(C)(C)C. The number of carboxylic acid groups (broad SMARTS) is 1. The minimum absolute atomic E-state index is 0.122. The summed E-state index contributed by atoms with van der Waals surface area (Å²) >= 11 is 0. The Morgan fingerprint density at radius 1 is 1.00 bits per heavy atom. The second-order valence-electron chi connectivity index (χ2n) is 7.82. The zero-order valence-electron chi connectivity index (χ0n) is 15.5. The number of aromatic carboxylic acids is 1. The molecule has 138 valence electrons. The zero-order valence-corrected chi connectivity index (χ0v) is 15.5. The lowest BCUT2D eigenvalue weighted by atomic mass is 9.86. The molecular formula is C18H26N2O5. The molecule has 0 unspecified atom stereocenters. The largest absolute Gasteiger partial charge is 0.478 e. The van der Waals surface area contributed by atoms with E-state index in [0.717, 1.165) is 0 Å². The van der Waals surface area contributed by atoms with Crippen molar-refractivity contribution in [1.82, 2.24) is 5.32 Å². The molecule has 1 aromatic rings. The third-order valence-electron chi connectivity index (χ3n) is 3.19. The van der Waals surface area contributed by atoms with Crippen molar-refractivity contribution in [2.24, 2.45) is 5.41 Å². The van der Waals surface area contributed by atoms with Gasteiger partial charge in [0.1, 0.15) is 11.6 Å². The first kappa shape index (κ1) is 20.5. The quantitative estimate of drug-likeness (QED) is 0.773. The number of anilines is 1. The van der Waals surface area contributed by atoms with Gasteiger partial charge >= 0.3 is 12.1 Å². The molecule has 0 radical (unpaired) electrons. The minimum Gasteiger partial charge on any atom is -0.478 e. The van der Waals surface area contributed by atoms with Crippen LogP contribution < -0.4 is 10.6 Å². The lowest BCUT2D eigenvalue weighted by Crippen LogP contribution is -2.52. The van der Waals surface area contributed by atoms with E-state index in [9.17, 15) is 14.4 Å². The number of alkyl carbamates (subject to hydrolysis) is 1. The molecule has 1 rings (SSSR count). The Balaban J connectivity index is 2.87. The van der Waals surface area contributed by atoms with Crippen molar-refractivity contribution in [3.63, 3.8) is 0 Å². The van der Waals surface area contributed by atoms with E-state index in [-0.39, 0.29) is 5.56 Å². The highest BCUT2D eigenvalue weighted by molar-refractivity contribution is 5.97. The van der Waals surface area contributed by atoms with Gasteiger partial charge in [0.25, 0.3) is 0 Å². The number of amides is 2. The number of rotatable bonds is 4. The summed E-state index contributed by atoms with van der Waals surface area (Å²) in [5.74, 6) is -1.46. The standard InChI is InChI=1S/C18H26N2O5/c1-17(2,3)13(20-16(24)25-18(4,5)6)14(21)19-12-9-7-11(8-10-12)15(22)23/h7-10,13H,1-6H3,(H,19,21)(H,20,24)(H,22,23)/t13-/m1/s1. The Labute approximate surface area is 147 Å². The highest BCUT2D eigenvalue weighted by Crippen LogP contribution is 2.22. The molecule has 1 atom stereocenters. The number of nitrogens with one attached hydrogen (secondary N) is 2. The molecule has 2 amide bonds. The summed E-state index contributed by atoms with van der Waals surface area (Å²) in [4.78, 5) is 35.5. The molecule has 0 aliphatic rings. The summed E-state index contributed by atoms with van der Waals surface area (Å²) < 4.78 is 5.21. The maximum atomic E-state index is 12.6. The first-order chi connectivity index (χ1) is 11.3. The predicted molar refractivity (Wildman–Crippen MR) is 94.6 cm³/mol. The maximum absolute atomic E-state index is 12.6. The number of carbonyl (C=O) groups excluding carboxylic acids is 2. The van der Waals surface area contributed by atoms with Gasteiger partial charge < -0.3 is 20.5 Å². The molecule has 0 aromatic heterocycles. The fourth-order valence-electron chi connectivity index (χ4n) is 2.01. The Hall–Kier alpha value is -2.57. The monoisotopic (exact) mass is 350 g/mol. The third kappa shape index (κ3) is 6.82. The number of hydrogen-bond donors (Lipinski definition) is 3. The van der Waals surface area contributed by atoms with Crippen molar-refractivity contribution in [1.29, 1.82) is 0 Å². The second kappa shape index (κ2) is 7.55. The van der Waals surface area contributed by atoms with Crippen LogP contribution in [0.3, 0.4) is 0 Å². The van der Waals surface area contributed by atoms with Crippen molar-refractivity contribution in [3.05, 3.63) is 29.8 Å². The van der Waals surface area contributed by atoms with Gasteiger partial charge in [-0.1, -0.05) is 20.8 Å². The van der Waals surface area contributed by atoms with Gasteiger partial charge in [-0.05, 0) is 50.5 Å². The highest BCUT2D eigenvalue weighted by Gasteiger charge is 2.34. The predicted octanol–water partition coefficient (Wildman–Crippen LogP) is 3.26. The van der Waals surface area contributed by atoms with Gasteiger partial charge in [-0.3, -0.25) is 4.79 Å². The van der Waals surface area contributed by atoms with Crippen LogP contribution in [-0.4, -0.2) is 34.7 Å². The molecule has 0 aliphatic carbocycles. The molecule has 0 aliphatic heterocycles. The third-order valence-corrected chi connectivity index (χ3v) is 3.19. The van der Waals surface area contributed by atoms with Crippen LogP contribution in [0, 0.1) is 5.41 Å². The van der Waals surface area contributed by atoms with Crippen molar-refractivity contribution in [3.8, 4) is 0 Å². The van der Waals surface area contributed by atoms with E-state index in [1.165, 1.54) is 24.3 Å². The molecular weight excluding hydrogens is 324 g/mol. The minimum atomic E-state index is -1.04. The van der Waals surface area contributed by atoms with Crippen LogP contribution in [0.4, 0.5) is 10.5 Å². The van der Waals surface area contributed by atoms with Gasteiger partial charge in [-0.25, -0.2) is 9.59 Å². The van der Waals surface area contributed by atoms with Crippen LogP contribution in [0.2, 0.25) is 0 Å². The second-order valence-corrected chi connectivity index (χ2v) is 7.82. The van der Waals surface area contributed by atoms with Crippen molar-refractivity contribution in [2.75, 3.05) is 5.32 Å². The van der Waals surface area contributed by atoms with Crippen LogP contribution in [0.1, 0.15) is 51.9 Å². The highest BCUT2D eigenvalue weighted by atomic mass is 16.6. The topological polar surface area (TPSA) is 105 Å². The fraction of sp³-hybridized carbons (Fsp3) is 0.500. The molecule has 7 heteroatoms. The van der Waals surface area contributed by atoms with Gasteiger partial charge in [0.15, 0.2) is 0 Å². The summed E-state index contributed by atoms with van der Waals surface area (Å²) in [5, 5.41) is 14.2. The summed E-state index contributed by atoms with van der Waals surface area (Å²) in [6.45, 7) is 10.7. The molecule has 1 aromatic carbocycles. The van der Waals surface area contributed by atoms with Gasteiger partial charge in [0.2, 0.25) is 5.91 Å². The van der Waals surface area contributed by atoms with E-state index >= 15 is 0 Å². The Morgan fingerprint density at radius 2 is 1.52 bits per heavy atom. The smallest absolute Gasteiger partial charge is 0.408 e.